The fraction of sp³-hybridized carbons (Fsp3) is 0.500. The third-order valence-corrected chi connectivity index (χ3v) is 6.85. The maximum atomic E-state index is 12.9. The first kappa shape index (κ1) is 24.4. The summed E-state index contributed by atoms with van der Waals surface area (Å²) in [4.78, 5) is 7.62. The van der Waals surface area contributed by atoms with Crippen LogP contribution in [0.2, 0.25) is 0 Å². The van der Waals surface area contributed by atoms with Crippen LogP contribution >= 0.6 is 0 Å². The molecule has 0 atom stereocenters. The zero-order chi connectivity index (χ0) is 24.5. The lowest BCUT2D eigenvalue weighted by atomic mass is 10.0. The second-order valence-corrected chi connectivity index (χ2v) is 9.65. The van der Waals surface area contributed by atoms with Gasteiger partial charge < -0.3 is 14.5 Å². The summed E-state index contributed by atoms with van der Waals surface area (Å²) >= 11 is 0. The molecule has 1 aliphatic rings. The molecule has 182 valence electrons. The minimum atomic E-state index is -4.15. The van der Waals surface area contributed by atoms with Gasteiger partial charge in [-0.25, -0.2) is 0 Å². The van der Waals surface area contributed by atoms with Crippen molar-refractivity contribution in [1.29, 1.82) is 5.26 Å². The van der Waals surface area contributed by atoms with Gasteiger partial charge in [0, 0.05) is 60.9 Å². The smallest absolute Gasteiger partial charge is 0.346 e. The molecule has 1 N–H and O–H groups in total. The van der Waals surface area contributed by atoms with Crippen LogP contribution in [0.1, 0.15) is 53.5 Å². The molecule has 3 heterocycles. The number of H-pyrrole nitrogens is 1. The van der Waals surface area contributed by atoms with Crippen LogP contribution in [0.25, 0.3) is 10.9 Å². The lowest BCUT2D eigenvalue weighted by Crippen LogP contribution is -2.35. The third-order valence-electron chi connectivity index (χ3n) is 6.85. The number of benzene rings is 1. The van der Waals surface area contributed by atoms with Crippen molar-refractivity contribution in [3.8, 4) is 6.07 Å². The van der Waals surface area contributed by atoms with Gasteiger partial charge in [0.2, 0.25) is 0 Å². The highest BCUT2D eigenvalue weighted by molar-refractivity contribution is 5.85. The van der Waals surface area contributed by atoms with Crippen LogP contribution in [0.5, 0.6) is 0 Å². The summed E-state index contributed by atoms with van der Waals surface area (Å²) in [6, 6.07) is 12.3. The second kappa shape index (κ2) is 9.85. The van der Waals surface area contributed by atoms with E-state index >= 15 is 0 Å². The number of piperidine rings is 1. The maximum Gasteiger partial charge on any atom is 0.389 e. The Morgan fingerprint density at radius 3 is 2.47 bits per heavy atom. The highest BCUT2D eigenvalue weighted by Gasteiger charge is 2.29. The van der Waals surface area contributed by atoms with Gasteiger partial charge in [0.15, 0.2) is 0 Å². The van der Waals surface area contributed by atoms with E-state index in [-0.39, 0.29) is 12.5 Å². The zero-order valence-corrected chi connectivity index (χ0v) is 20.0. The van der Waals surface area contributed by atoms with Crippen molar-refractivity contribution in [2.24, 2.45) is 0 Å². The van der Waals surface area contributed by atoms with Gasteiger partial charge in [0.05, 0.1) is 0 Å². The number of alkyl halides is 3. The van der Waals surface area contributed by atoms with Crippen LogP contribution in [-0.4, -0.2) is 52.7 Å². The summed E-state index contributed by atoms with van der Waals surface area (Å²) in [6.07, 6.45) is -3.08. The van der Waals surface area contributed by atoms with E-state index in [4.69, 9.17) is 0 Å². The SMILES string of the molecule is Cc1c(CN2CCC(n3c(CCC(F)(F)F)ccc3CN(C)C)CC2)ccc2[nH]c(C#N)cc12. The topological polar surface area (TPSA) is 51.0 Å². The number of aromatic amines is 1. The Labute approximate surface area is 198 Å². The number of hydrogen-bond acceptors (Lipinski definition) is 3. The van der Waals surface area contributed by atoms with Crippen molar-refractivity contribution < 1.29 is 13.2 Å². The summed E-state index contributed by atoms with van der Waals surface area (Å²) in [5.41, 5.74) is 5.85. The van der Waals surface area contributed by atoms with Crippen LogP contribution in [0, 0.1) is 18.3 Å². The van der Waals surface area contributed by atoms with Crippen molar-refractivity contribution in [3.63, 3.8) is 0 Å². The molecule has 1 fully saturated rings. The number of aromatic nitrogens is 2. The van der Waals surface area contributed by atoms with Crippen LogP contribution < -0.4 is 0 Å². The Balaban J connectivity index is 1.46. The first-order chi connectivity index (χ1) is 16.1. The van der Waals surface area contributed by atoms with E-state index < -0.39 is 12.6 Å². The van der Waals surface area contributed by atoms with E-state index in [1.54, 1.807) is 0 Å². The van der Waals surface area contributed by atoms with Gasteiger partial charge in [-0.3, -0.25) is 4.90 Å². The molecule has 1 aromatic carbocycles. The van der Waals surface area contributed by atoms with Crippen molar-refractivity contribution >= 4 is 10.9 Å². The number of nitrogens with one attached hydrogen (secondary N) is 1. The quantitative estimate of drug-likeness (QED) is 0.492. The Morgan fingerprint density at radius 2 is 1.82 bits per heavy atom. The Hall–Kier alpha value is -2.76. The lowest BCUT2D eigenvalue weighted by Gasteiger charge is -2.35. The standard InChI is InChI=1S/C26H32F3N5/c1-18-19(4-7-25-24(18)14-20(15-30)31-25)16-33-12-9-22(10-13-33)34-21(8-11-26(27,28)29)5-6-23(34)17-32(2)3/h4-7,14,22,31H,8-13,16-17H2,1-3H3. The molecule has 3 aromatic rings. The average molecular weight is 472 g/mol. The van der Waals surface area contributed by atoms with Gasteiger partial charge >= 0.3 is 6.18 Å². The van der Waals surface area contributed by atoms with Crippen LogP contribution in [0.3, 0.4) is 0 Å². The average Bonchev–Trinajstić information content (AvgIpc) is 3.38. The van der Waals surface area contributed by atoms with Crippen LogP contribution in [-0.2, 0) is 19.5 Å². The molecule has 0 bridgehead atoms. The molecule has 2 aromatic heterocycles. The van der Waals surface area contributed by atoms with Crippen LogP contribution in [0.15, 0.2) is 30.3 Å². The van der Waals surface area contributed by atoms with Gasteiger partial charge in [-0.1, -0.05) is 6.07 Å². The van der Waals surface area contributed by atoms with Gasteiger partial charge in [0.25, 0.3) is 0 Å². The number of nitriles is 1. The molecular formula is C26H32F3N5. The number of hydrogen-bond donors (Lipinski definition) is 1. The van der Waals surface area contributed by atoms with E-state index in [0.717, 1.165) is 54.8 Å². The number of aryl methyl sites for hydroxylation is 2. The number of halogens is 3. The molecule has 8 heteroatoms. The van der Waals surface area contributed by atoms with E-state index in [9.17, 15) is 18.4 Å². The first-order valence-corrected chi connectivity index (χ1v) is 11.8. The van der Waals surface area contributed by atoms with Crippen molar-refractivity contribution in [2.45, 2.75) is 57.9 Å². The molecule has 0 aliphatic carbocycles. The fourth-order valence-corrected chi connectivity index (χ4v) is 5.14. The molecule has 0 amide bonds. The number of rotatable bonds is 7. The van der Waals surface area contributed by atoms with E-state index in [1.807, 2.05) is 38.4 Å². The van der Waals surface area contributed by atoms with Crippen molar-refractivity contribution in [3.05, 3.63) is 58.5 Å². The summed E-state index contributed by atoms with van der Waals surface area (Å²) in [7, 11) is 3.97. The third kappa shape index (κ3) is 5.48. The summed E-state index contributed by atoms with van der Waals surface area (Å²) in [5, 5.41) is 10.3. The van der Waals surface area contributed by atoms with Gasteiger partial charge in [0.1, 0.15) is 11.8 Å². The minimum absolute atomic E-state index is 0.0255. The van der Waals surface area contributed by atoms with Gasteiger partial charge in [-0.05, 0) is 75.7 Å². The molecule has 0 radical (unpaired) electrons. The zero-order valence-electron chi connectivity index (χ0n) is 20.0. The van der Waals surface area contributed by atoms with Gasteiger partial charge in [-0.15, -0.1) is 0 Å². The van der Waals surface area contributed by atoms with Crippen molar-refractivity contribution in [1.82, 2.24) is 19.4 Å². The largest absolute Gasteiger partial charge is 0.389 e. The maximum absolute atomic E-state index is 12.9. The molecule has 5 nitrogen and oxygen atoms in total. The fourth-order valence-electron chi connectivity index (χ4n) is 5.14. The Morgan fingerprint density at radius 1 is 1.12 bits per heavy atom. The van der Waals surface area contributed by atoms with Gasteiger partial charge in [-0.2, -0.15) is 18.4 Å². The lowest BCUT2D eigenvalue weighted by molar-refractivity contribution is -0.134. The highest BCUT2D eigenvalue weighted by Crippen LogP contribution is 2.31. The molecular weight excluding hydrogens is 439 g/mol. The van der Waals surface area contributed by atoms with Crippen molar-refractivity contribution in [2.75, 3.05) is 27.2 Å². The monoisotopic (exact) mass is 471 g/mol. The molecule has 34 heavy (non-hydrogen) atoms. The predicted octanol–water partition coefficient (Wildman–Crippen LogP) is 5.54. The van der Waals surface area contributed by atoms with E-state index in [0.29, 0.717) is 12.2 Å². The number of fused-ring (bicyclic) bond motifs is 1. The number of nitrogens with zero attached hydrogens (tertiary/aromatic N) is 4. The predicted molar refractivity (Wildman–Crippen MR) is 127 cm³/mol. The Bertz CT molecular complexity index is 1170. The first-order valence-electron chi connectivity index (χ1n) is 11.8. The highest BCUT2D eigenvalue weighted by atomic mass is 19.4. The summed E-state index contributed by atoms with van der Waals surface area (Å²) in [5.74, 6) is 0. The molecule has 0 unspecified atom stereocenters. The molecule has 1 aliphatic heterocycles. The molecule has 4 rings (SSSR count). The second-order valence-electron chi connectivity index (χ2n) is 9.65. The summed E-state index contributed by atoms with van der Waals surface area (Å²) in [6.45, 7) is 5.44. The Kier molecular flexibility index (Phi) is 7.06. The summed E-state index contributed by atoms with van der Waals surface area (Å²) < 4.78 is 40.9. The minimum Gasteiger partial charge on any atom is -0.346 e. The van der Waals surface area contributed by atoms with E-state index in [1.165, 1.54) is 11.1 Å². The molecule has 1 saturated heterocycles. The van der Waals surface area contributed by atoms with Crippen LogP contribution in [0.4, 0.5) is 13.2 Å². The van der Waals surface area contributed by atoms with E-state index in [2.05, 4.69) is 38.4 Å². The normalized spacial score (nSPS) is 15.9. The molecule has 0 saturated carbocycles. The molecule has 0 spiro atoms. The number of likely N-dealkylation sites (tertiary alicyclic amines) is 1.